The van der Waals surface area contributed by atoms with E-state index in [-0.39, 0.29) is 34.9 Å². The summed E-state index contributed by atoms with van der Waals surface area (Å²) in [5.41, 5.74) is 0.865. The number of anilines is 2. The predicted octanol–water partition coefficient (Wildman–Crippen LogP) is 1.93. The fraction of sp³-hybridized carbons (Fsp3) is 0.353. The molecule has 0 bridgehead atoms. The maximum atomic E-state index is 13.8. The molecule has 2 heterocycles. The number of nitrogens with zero attached hydrogens (tertiary/aromatic N) is 3. The maximum Gasteiger partial charge on any atom is 0.272 e. The number of hydrogen-bond acceptors (Lipinski definition) is 6. The van der Waals surface area contributed by atoms with Crippen LogP contribution in [0.15, 0.2) is 30.3 Å². The van der Waals surface area contributed by atoms with Gasteiger partial charge in [-0.15, -0.1) is 0 Å². The molecular weight excluding hydrogens is 359 g/mol. The highest BCUT2D eigenvalue weighted by molar-refractivity contribution is 7.91. The number of nitrogens with one attached hydrogen (secondary N) is 1. The number of para-hydroxylation sites is 1. The van der Waals surface area contributed by atoms with Crippen molar-refractivity contribution >= 4 is 27.4 Å². The highest BCUT2D eigenvalue weighted by Gasteiger charge is 2.33. The summed E-state index contributed by atoms with van der Waals surface area (Å²) in [5.74, 6) is -0.712. The summed E-state index contributed by atoms with van der Waals surface area (Å²) in [4.78, 5) is 22.5. The van der Waals surface area contributed by atoms with E-state index in [0.717, 1.165) is 0 Å². The van der Waals surface area contributed by atoms with Crippen LogP contribution in [0.2, 0.25) is 0 Å². The molecule has 1 aromatic carbocycles. The summed E-state index contributed by atoms with van der Waals surface area (Å²) in [6.45, 7) is 1.70. The summed E-state index contributed by atoms with van der Waals surface area (Å²) in [7, 11) is -1.53. The number of amides is 1. The van der Waals surface area contributed by atoms with Gasteiger partial charge in [0.1, 0.15) is 11.5 Å². The summed E-state index contributed by atoms with van der Waals surface area (Å²) < 4.78 is 37.1. The third kappa shape index (κ3) is 3.98. The Kier molecular flexibility index (Phi) is 4.90. The summed E-state index contributed by atoms with van der Waals surface area (Å²) >= 11 is 0. The minimum atomic E-state index is -3.10. The molecule has 0 radical (unpaired) electrons. The number of benzene rings is 1. The van der Waals surface area contributed by atoms with Gasteiger partial charge in [0.15, 0.2) is 9.84 Å². The molecule has 1 aliphatic rings. The molecule has 138 valence electrons. The average Bonchev–Trinajstić information content (AvgIpc) is 2.95. The number of halogens is 1. The zero-order valence-corrected chi connectivity index (χ0v) is 15.3. The number of carbonyl (C=O) groups excluding carboxylic acids is 1. The summed E-state index contributed by atoms with van der Waals surface area (Å²) in [5, 5.41) is 2.77. The highest BCUT2D eigenvalue weighted by Crippen LogP contribution is 2.20. The first-order chi connectivity index (χ1) is 12.2. The Balaban J connectivity index is 1.83. The monoisotopic (exact) mass is 378 g/mol. The van der Waals surface area contributed by atoms with Gasteiger partial charge in [0, 0.05) is 18.8 Å². The second-order valence-electron chi connectivity index (χ2n) is 6.30. The summed E-state index contributed by atoms with van der Waals surface area (Å²) in [6.07, 6.45) is 0.412. The second-order valence-corrected chi connectivity index (χ2v) is 8.52. The quantitative estimate of drug-likeness (QED) is 0.874. The molecule has 1 N–H and O–H groups in total. The van der Waals surface area contributed by atoms with Crippen LogP contribution in [0.5, 0.6) is 0 Å². The van der Waals surface area contributed by atoms with Gasteiger partial charge in [-0.3, -0.25) is 4.79 Å². The molecule has 1 aromatic heterocycles. The molecule has 1 saturated heterocycles. The fourth-order valence-corrected chi connectivity index (χ4v) is 4.62. The zero-order chi connectivity index (χ0) is 18.9. The van der Waals surface area contributed by atoms with Crippen LogP contribution in [0.1, 0.15) is 22.6 Å². The first kappa shape index (κ1) is 18.2. The van der Waals surface area contributed by atoms with E-state index < -0.39 is 21.6 Å². The standard InChI is InChI=1S/C17H19FN4O3S/c1-11-9-15(16(23)22(2)12-7-8-26(24,25)10-12)21-17(19-11)20-14-6-4-3-5-13(14)18/h3-6,9,12H,7-8,10H2,1-2H3,(H,19,20,21). The fourth-order valence-electron chi connectivity index (χ4n) is 2.84. The lowest BCUT2D eigenvalue weighted by Gasteiger charge is -2.23. The second kappa shape index (κ2) is 6.99. The number of aryl methyl sites for hydroxylation is 1. The van der Waals surface area contributed by atoms with E-state index in [1.165, 1.54) is 23.1 Å². The van der Waals surface area contributed by atoms with Crippen LogP contribution in [0.4, 0.5) is 16.0 Å². The van der Waals surface area contributed by atoms with Crippen molar-refractivity contribution in [3.05, 3.63) is 47.5 Å². The molecule has 26 heavy (non-hydrogen) atoms. The van der Waals surface area contributed by atoms with Crippen LogP contribution in [0.25, 0.3) is 0 Å². The predicted molar refractivity (Wildman–Crippen MR) is 95.6 cm³/mol. The van der Waals surface area contributed by atoms with Crippen LogP contribution in [-0.2, 0) is 9.84 Å². The van der Waals surface area contributed by atoms with E-state index in [0.29, 0.717) is 12.1 Å². The normalized spacial score (nSPS) is 18.5. The molecule has 0 spiro atoms. The molecule has 0 saturated carbocycles. The van der Waals surface area contributed by atoms with Crippen LogP contribution in [0, 0.1) is 12.7 Å². The van der Waals surface area contributed by atoms with E-state index in [1.54, 1.807) is 26.1 Å². The van der Waals surface area contributed by atoms with Crippen molar-refractivity contribution in [3.8, 4) is 0 Å². The van der Waals surface area contributed by atoms with Gasteiger partial charge < -0.3 is 10.2 Å². The van der Waals surface area contributed by atoms with E-state index in [1.807, 2.05) is 0 Å². The van der Waals surface area contributed by atoms with Gasteiger partial charge in [0.25, 0.3) is 5.91 Å². The number of aromatic nitrogens is 2. The van der Waals surface area contributed by atoms with Crippen LogP contribution in [-0.4, -0.2) is 53.8 Å². The Labute approximate surface area is 151 Å². The average molecular weight is 378 g/mol. The van der Waals surface area contributed by atoms with Gasteiger partial charge >= 0.3 is 0 Å². The van der Waals surface area contributed by atoms with Crippen LogP contribution >= 0.6 is 0 Å². The molecule has 1 fully saturated rings. The van der Waals surface area contributed by atoms with Crippen molar-refractivity contribution in [1.82, 2.24) is 14.9 Å². The van der Waals surface area contributed by atoms with Crippen LogP contribution < -0.4 is 5.32 Å². The van der Waals surface area contributed by atoms with Gasteiger partial charge in [0.05, 0.1) is 17.2 Å². The molecule has 9 heteroatoms. The topological polar surface area (TPSA) is 92.3 Å². The smallest absolute Gasteiger partial charge is 0.272 e. The van der Waals surface area contributed by atoms with Crippen molar-refractivity contribution in [3.63, 3.8) is 0 Å². The Morgan fingerprint density at radius 3 is 2.69 bits per heavy atom. The Hall–Kier alpha value is -2.55. The molecule has 1 amide bonds. The van der Waals surface area contributed by atoms with Crippen molar-refractivity contribution in [2.24, 2.45) is 0 Å². The lowest BCUT2D eigenvalue weighted by molar-refractivity contribution is 0.0741. The van der Waals surface area contributed by atoms with Gasteiger partial charge in [-0.25, -0.2) is 22.8 Å². The Morgan fingerprint density at radius 2 is 2.04 bits per heavy atom. The summed E-state index contributed by atoms with van der Waals surface area (Å²) in [6, 6.07) is 7.23. The van der Waals surface area contributed by atoms with Gasteiger partial charge in [-0.2, -0.15) is 0 Å². The van der Waals surface area contributed by atoms with E-state index in [9.17, 15) is 17.6 Å². The van der Waals surface area contributed by atoms with E-state index >= 15 is 0 Å². The molecule has 3 rings (SSSR count). The molecule has 7 nitrogen and oxygen atoms in total. The maximum absolute atomic E-state index is 13.8. The molecular formula is C17H19FN4O3S. The van der Waals surface area contributed by atoms with Crippen molar-refractivity contribution < 1.29 is 17.6 Å². The van der Waals surface area contributed by atoms with Crippen LogP contribution in [0.3, 0.4) is 0 Å². The van der Waals surface area contributed by atoms with E-state index in [4.69, 9.17) is 0 Å². The first-order valence-corrected chi connectivity index (χ1v) is 9.92. The molecule has 2 aromatic rings. The Bertz CT molecular complexity index is 949. The largest absolute Gasteiger partial charge is 0.336 e. The van der Waals surface area contributed by atoms with Crippen molar-refractivity contribution in [2.45, 2.75) is 19.4 Å². The molecule has 1 aliphatic heterocycles. The molecule has 0 aliphatic carbocycles. The lowest BCUT2D eigenvalue weighted by atomic mass is 10.2. The first-order valence-electron chi connectivity index (χ1n) is 8.10. The Morgan fingerprint density at radius 1 is 1.31 bits per heavy atom. The van der Waals surface area contributed by atoms with Crippen molar-refractivity contribution in [1.29, 1.82) is 0 Å². The van der Waals surface area contributed by atoms with Crippen molar-refractivity contribution in [2.75, 3.05) is 23.9 Å². The minimum absolute atomic E-state index is 0.0420. The van der Waals surface area contributed by atoms with Gasteiger partial charge in [0.2, 0.25) is 5.95 Å². The number of hydrogen-bond donors (Lipinski definition) is 1. The zero-order valence-electron chi connectivity index (χ0n) is 14.4. The lowest BCUT2D eigenvalue weighted by Crippen LogP contribution is -2.38. The van der Waals surface area contributed by atoms with Gasteiger partial charge in [-0.1, -0.05) is 12.1 Å². The third-order valence-electron chi connectivity index (χ3n) is 4.27. The third-order valence-corrected chi connectivity index (χ3v) is 6.02. The number of sulfone groups is 1. The molecule has 1 unspecified atom stereocenters. The number of rotatable bonds is 4. The van der Waals surface area contributed by atoms with E-state index in [2.05, 4.69) is 15.3 Å². The molecule has 1 atom stereocenters. The highest BCUT2D eigenvalue weighted by atomic mass is 32.2. The minimum Gasteiger partial charge on any atom is -0.336 e. The SMILES string of the molecule is Cc1cc(C(=O)N(C)C2CCS(=O)(=O)C2)nc(Nc2ccccc2F)n1. The number of carbonyl (C=O) groups is 1. The van der Waals surface area contributed by atoms with Gasteiger partial charge in [-0.05, 0) is 31.5 Å².